The van der Waals surface area contributed by atoms with E-state index in [0.29, 0.717) is 17.2 Å². The first-order valence-corrected chi connectivity index (χ1v) is 6.45. The summed E-state index contributed by atoms with van der Waals surface area (Å²) in [5.74, 6) is 1.32. The van der Waals surface area contributed by atoms with Gasteiger partial charge in [-0.15, -0.1) is 0 Å². The minimum Gasteiger partial charge on any atom is -0.386 e. The van der Waals surface area contributed by atoms with Crippen molar-refractivity contribution in [3.63, 3.8) is 0 Å². The molecule has 2 heterocycles. The molecule has 2 aliphatic heterocycles. The molecule has 1 radical (unpaired) electrons. The lowest BCUT2D eigenvalue weighted by atomic mass is 10.3. The molecular formula is C12H8O4P. The van der Waals surface area contributed by atoms with Crippen molar-refractivity contribution in [2.75, 3.05) is 0 Å². The molecular weight excluding hydrogens is 239 g/mol. The predicted molar refractivity (Wildman–Crippen MR) is 61.2 cm³/mol. The van der Waals surface area contributed by atoms with Crippen LogP contribution in [0.2, 0.25) is 0 Å². The molecule has 2 aromatic carbocycles. The first kappa shape index (κ1) is 10.2. The molecule has 0 unspecified atom stereocenters. The van der Waals surface area contributed by atoms with E-state index in [1.165, 1.54) is 0 Å². The summed E-state index contributed by atoms with van der Waals surface area (Å²) in [7, 11) is -3.64. The van der Waals surface area contributed by atoms with Crippen LogP contribution < -0.4 is 13.6 Å². The summed E-state index contributed by atoms with van der Waals surface area (Å²) in [5, 5.41) is 0. The van der Waals surface area contributed by atoms with Crippen LogP contribution in [0.3, 0.4) is 0 Å². The lowest BCUT2D eigenvalue weighted by Crippen LogP contribution is -2.04. The highest BCUT2D eigenvalue weighted by molar-refractivity contribution is 7.49. The zero-order valence-electron chi connectivity index (χ0n) is 8.70. The monoisotopic (exact) mass is 247 g/mol. The van der Waals surface area contributed by atoms with Crippen molar-refractivity contribution in [2.45, 2.75) is 0 Å². The third kappa shape index (κ3) is 2.12. The Bertz CT molecular complexity index is 536. The van der Waals surface area contributed by atoms with Gasteiger partial charge in [0.1, 0.15) is 17.2 Å². The van der Waals surface area contributed by atoms with Gasteiger partial charge in [-0.05, 0) is 42.5 Å². The SMILES string of the molecule is O=P1(Oc2cc[c]cc2)Oc2ccc(cc2)O1. The molecule has 5 heteroatoms. The van der Waals surface area contributed by atoms with E-state index < -0.39 is 7.82 Å². The zero-order valence-corrected chi connectivity index (χ0v) is 9.59. The molecule has 17 heavy (non-hydrogen) atoms. The number of hydrogen-bond donors (Lipinski definition) is 0. The fraction of sp³-hybridized carbons (Fsp3) is 0. The van der Waals surface area contributed by atoms with Gasteiger partial charge in [-0.3, -0.25) is 0 Å². The molecule has 85 valence electrons. The highest BCUT2D eigenvalue weighted by Crippen LogP contribution is 2.52. The third-order valence-electron chi connectivity index (χ3n) is 2.16. The minimum atomic E-state index is -3.64. The van der Waals surface area contributed by atoms with Crippen molar-refractivity contribution in [1.82, 2.24) is 0 Å². The maximum Gasteiger partial charge on any atom is 0.647 e. The number of fused-ring (bicyclic) bond motifs is 4. The highest BCUT2D eigenvalue weighted by atomic mass is 31.2. The van der Waals surface area contributed by atoms with Crippen LogP contribution in [-0.2, 0) is 4.57 Å². The fourth-order valence-corrected chi connectivity index (χ4v) is 2.69. The van der Waals surface area contributed by atoms with E-state index in [2.05, 4.69) is 6.07 Å². The molecule has 0 aliphatic carbocycles. The molecule has 2 aromatic rings. The molecule has 0 aromatic heterocycles. The van der Waals surface area contributed by atoms with Crippen molar-refractivity contribution in [2.24, 2.45) is 0 Å². The van der Waals surface area contributed by atoms with E-state index in [0.717, 1.165) is 0 Å². The van der Waals surface area contributed by atoms with E-state index >= 15 is 0 Å². The predicted octanol–water partition coefficient (Wildman–Crippen LogP) is 3.45. The number of phosphoric acid groups is 1. The Morgan fingerprint density at radius 1 is 0.941 bits per heavy atom. The first-order valence-electron chi connectivity index (χ1n) is 4.99. The summed E-state index contributed by atoms with van der Waals surface area (Å²) >= 11 is 0. The molecule has 0 fully saturated rings. The summed E-state index contributed by atoms with van der Waals surface area (Å²) in [5.41, 5.74) is 0. The summed E-state index contributed by atoms with van der Waals surface area (Å²) < 4.78 is 28.0. The highest BCUT2D eigenvalue weighted by Gasteiger charge is 2.35. The molecule has 4 nitrogen and oxygen atoms in total. The standard InChI is InChI=1S/C12H8O4P/c13-17(14-10-4-2-1-3-5-10)15-11-6-7-12(16-17)9-8-11/h2-9H. The van der Waals surface area contributed by atoms with E-state index in [-0.39, 0.29) is 0 Å². The Kier molecular flexibility index (Phi) is 2.30. The van der Waals surface area contributed by atoms with Crippen LogP contribution in [0.1, 0.15) is 0 Å². The van der Waals surface area contributed by atoms with Gasteiger partial charge in [-0.1, -0.05) is 12.1 Å². The van der Waals surface area contributed by atoms with Gasteiger partial charge in [0.05, 0.1) is 0 Å². The van der Waals surface area contributed by atoms with E-state index in [9.17, 15) is 4.57 Å². The molecule has 0 saturated heterocycles. The Labute approximate surface area is 98.4 Å². The average Bonchev–Trinajstić information content (AvgIpc) is 2.57. The van der Waals surface area contributed by atoms with Crippen molar-refractivity contribution >= 4 is 7.82 Å². The summed E-state index contributed by atoms with van der Waals surface area (Å²) in [6.07, 6.45) is 0. The number of rotatable bonds is 2. The molecule has 2 aliphatic rings. The smallest absolute Gasteiger partial charge is 0.386 e. The van der Waals surface area contributed by atoms with Crippen LogP contribution in [0.15, 0.2) is 48.5 Å². The van der Waals surface area contributed by atoms with E-state index in [1.54, 1.807) is 48.5 Å². The largest absolute Gasteiger partial charge is 0.647 e. The lowest BCUT2D eigenvalue weighted by Gasteiger charge is -2.15. The van der Waals surface area contributed by atoms with Crippen molar-refractivity contribution in [3.05, 3.63) is 54.6 Å². The Morgan fingerprint density at radius 3 is 2.00 bits per heavy atom. The second kappa shape index (κ2) is 3.82. The van der Waals surface area contributed by atoms with Crippen LogP contribution in [0.5, 0.6) is 17.2 Å². The minimum absolute atomic E-state index is 0.412. The normalized spacial score (nSPS) is 15.5. The molecule has 0 amide bonds. The van der Waals surface area contributed by atoms with E-state index in [1.807, 2.05) is 0 Å². The molecule has 0 saturated carbocycles. The quantitative estimate of drug-likeness (QED) is 0.762. The first-order chi connectivity index (χ1) is 8.23. The maximum atomic E-state index is 12.3. The topological polar surface area (TPSA) is 44.8 Å². The summed E-state index contributed by atoms with van der Waals surface area (Å²) in [6.45, 7) is 0. The zero-order chi connectivity index (χ0) is 11.7. The van der Waals surface area contributed by atoms with Gasteiger partial charge in [0, 0.05) is 0 Å². The Balaban J connectivity index is 1.89. The summed E-state index contributed by atoms with van der Waals surface area (Å²) in [6, 6.07) is 16.1. The van der Waals surface area contributed by atoms with Gasteiger partial charge in [0.25, 0.3) is 0 Å². The van der Waals surface area contributed by atoms with Crippen LogP contribution in [0.4, 0.5) is 0 Å². The Hall–Kier alpha value is -1.93. The third-order valence-corrected chi connectivity index (χ3v) is 3.47. The molecule has 0 N–H and O–H groups in total. The van der Waals surface area contributed by atoms with Crippen LogP contribution >= 0.6 is 7.82 Å². The Morgan fingerprint density at radius 2 is 1.47 bits per heavy atom. The second-order valence-corrected chi connectivity index (χ2v) is 4.87. The lowest BCUT2D eigenvalue weighted by molar-refractivity contribution is 0.304. The van der Waals surface area contributed by atoms with Gasteiger partial charge < -0.3 is 13.6 Å². The van der Waals surface area contributed by atoms with Gasteiger partial charge in [0.2, 0.25) is 0 Å². The number of phosphoric ester groups is 1. The van der Waals surface area contributed by atoms with E-state index in [4.69, 9.17) is 13.6 Å². The molecule has 4 rings (SSSR count). The van der Waals surface area contributed by atoms with Gasteiger partial charge in [-0.2, -0.15) is 4.57 Å². The second-order valence-electron chi connectivity index (χ2n) is 3.43. The van der Waals surface area contributed by atoms with Crippen molar-refractivity contribution in [3.8, 4) is 17.2 Å². The molecule has 2 bridgehead atoms. The fourth-order valence-electron chi connectivity index (χ4n) is 1.44. The van der Waals surface area contributed by atoms with Crippen molar-refractivity contribution in [1.29, 1.82) is 0 Å². The van der Waals surface area contributed by atoms with Crippen molar-refractivity contribution < 1.29 is 18.1 Å². The van der Waals surface area contributed by atoms with Gasteiger partial charge in [-0.25, -0.2) is 0 Å². The number of hydrogen-bond acceptors (Lipinski definition) is 4. The molecule has 0 spiro atoms. The van der Waals surface area contributed by atoms with Crippen LogP contribution in [-0.4, -0.2) is 0 Å². The van der Waals surface area contributed by atoms with Crippen LogP contribution in [0.25, 0.3) is 0 Å². The maximum absolute atomic E-state index is 12.3. The van der Waals surface area contributed by atoms with Gasteiger partial charge >= 0.3 is 7.82 Å². The summed E-state index contributed by atoms with van der Waals surface area (Å²) in [4.78, 5) is 0. The van der Waals surface area contributed by atoms with Gasteiger partial charge in [0.15, 0.2) is 0 Å². The number of benzene rings is 2. The van der Waals surface area contributed by atoms with Crippen LogP contribution in [0, 0.1) is 6.07 Å². The average molecular weight is 247 g/mol. The molecule has 0 atom stereocenters.